The second-order valence-corrected chi connectivity index (χ2v) is 36.3. The summed E-state index contributed by atoms with van der Waals surface area (Å²) >= 11 is 0. The molecule has 17 heteroatoms. The Hall–Kier alpha value is -17.8. The minimum absolute atomic E-state index is 0.361. The SMILES string of the molecule is COc1ccccc1N1c2ccc(C)cc2OC(=O)c2ccccc21.COc1ccccc1N1c2ccccc2C=Cc2cc(C)ccc21.COc1ccccc1N1c2ccccc2CCCc2cc(C)ccc21.COc1ccccc1N1c2ccccc2CCc2cc(C)ccc21.COc1ccccc1N1c2ccccc2COc2cc(C)ccc21.COc1ccccc1N1c2ccccc2N=Nc2cc(C)ccc21. The van der Waals surface area contributed by atoms with Crippen molar-refractivity contribution in [2.45, 2.75) is 80.3 Å². The fourth-order valence-electron chi connectivity index (χ4n) is 19.7. The molecule has 6 heterocycles. The zero-order valence-corrected chi connectivity index (χ0v) is 84.3. The molecule has 0 spiro atoms. The highest BCUT2D eigenvalue weighted by Gasteiger charge is 2.34. The van der Waals surface area contributed by atoms with Gasteiger partial charge in [0.05, 0.1) is 128 Å². The number of nitrogens with zero attached hydrogens (tertiary/aromatic N) is 8. The highest BCUT2D eigenvalue weighted by molar-refractivity contribution is 6.04. The summed E-state index contributed by atoms with van der Waals surface area (Å²) in [7, 11) is 10.2. The van der Waals surface area contributed by atoms with Gasteiger partial charge in [-0.15, -0.1) is 10.2 Å². The van der Waals surface area contributed by atoms with E-state index in [9.17, 15) is 4.79 Å². The third kappa shape index (κ3) is 20.5. The molecule has 6 aliphatic heterocycles. The summed E-state index contributed by atoms with van der Waals surface area (Å²) in [6.07, 6.45) is 9.84. The van der Waals surface area contributed by atoms with E-state index in [0.717, 1.165) is 174 Å². The number of aryl methyl sites for hydroxylation is 10. The molecule has 0 aromatic heterocycles. The van der Waals surface area contributed by atoms with Gasteiger partial charge in [0.1, 0.15) is 58.2 Å². The lowest BCUT2D eigenvalue weighted by atomic mass is 9.95. The maximum absolute atomic E-state index is 12.6. The highest BCUT2D eigenvalue weighted by atomic mass is 16.5. The van der Waals surface area contributed by atoms with Crippen molar-refractivity contribution in [1.29, 1.82) is 0 Å². The van der Waals surface area contributed by atoms with Crippen molar-refractivity contribution >= 4 is 132 Å². The Morgan fingerprint density at radius 1 is 0.226 bits per heavy atom. The first-order valence-corrected chi connectivity index (χ1v) is 49.2. The predicted octanol–water partition coefficient (Wildman–Crippen LogP) is 34.1. The van der Waals surface area contributed by atoms with Crippen LogP contribution in [0.5, 0.6) is 46.0 Å². The van der Waals surface area contributed by atoms with Crippen LogP contribution in [0, 0.1) is 41.5 Å². The van der Waals surface area contributed by atoms with Gasteiger partial charge in [-0.2, -0.15) is 0 Å². The van der Waals surface area contributed by atoms with Crippen molar-refractivity contribution < 1.29 is 42.7 Å². The Balaban J connectivity index is 0.000000111. The fraction of sp³-hybridized carbons (Fsp3) is 0.140. The molecule has 146 heavy (non-hydrogen) atoms. The maximum Gasteiger partial charge on any atom is 0.345 e. The van der Waals surface area contributed by atoms with E-state index in [4.69, 9.17) is 37.9 Å². The van der Waals surface area contributed by atoms with E-state index < -0.39 is 0 Å². The quantitative estimate of drug-likeness (QED) is 0.0847. The van der Waals surface area contributed by atoms with Gasteiger partial charge < -0.3 is 67.3 Å². The van der Waals surface area contributed by atoms with E-state index in [-0.39, 0.29) is 5.97 Å². The van der Waals surface area contributed by atoms with E-state index in [0.29, 0.717) is 17.9 Å². The minimum Gasteiger partial charge on any atom is -0.495 e. The van der Waals surface area contributed by atoms with Crippen molar-refractivity contribution in [1.82, 2.24) is 0 Å². The summed E-state index contributed by atoms with van der Waals surface area (Å²) in [5, 5.41) is 8.91. The van der Waals surface area contributed by atoms with Crippen LogP contribution in [-0.2, 0) is 32.3 Å². The Morgan fingerprint density at radius 3 is 1.01 bits per heavy atom. The van der Waals surface area contributed by atoms with E-state index in [2.05, 4.69) is 300 Å². The average molecular weight is 1920 g/mol. The lowest BCUT2D eigenvalue weighted by molar-refractivity contribution is 0.0738. The van der Waals surface area contributed by atoms with Gasteiger partial charge in [-0.3, -0.25) is 0 Å². The molecule has 0 amide bonds. The summed E-state index contributed by atoms with van der Waals surface area (Å²) in [5.74, 6) is 6.06. The van der Waals surface area contributed by atoms with Crippen LogP contribution in [0.15, 0.2) is 411 Å². The van der Waals surface area contributed by atoms with E-state index in [1.54, 1.807) is 48.7 Å². The largest absolute Gasteiger partial charge is 0.495 e. The maximum atomic E-state index is 12.6. The van der Waals surface area contributed by atoms with Crippen LogP contribution in [-0.4, -0.2) is 48.6 Å². The van der Waals surface area contributed by atoms with Crippen molar-refractivity contribution in [2.24, 2.45) is 10.2 Å². The van der Waals surface area contributed by atoms with E-state index in [1.165, 1.54) is 84.8 Å². The summed E-state index contributed by atoms with van der Waals surface area (Å²) in [6, 6.07) is 137. The normalized spacial score (nSPS) is 12.8. The minimum atomic E-state index is -0.361. The smallest absolute Gasteiger partial charge is 0.345 e. The van der Waals surface area contributed by atoms with E-state index >= 15 is 0 Å². The summed E-state index contributed by atoms with van der Waals surface area (Å²) in [6.45, 7) is 13.1. The number of anilines is 18. The number of ether oxygens (including phenoxy) is 8. The standard InChI is InChI=1S/C23H23NO.C22H21NO.C22H19NO.C21H17NO3.C21H19NO2.C20H17N3O/c1-17-14-15-21-19(16-17)10-7-9-18-8-3-4-11-20(18)24(21)22-12-5-6-13-23(22)25-2;2*1-16-11-14-20-18(15-16)13-12-17-7-3-4-8-19(17)23(20)21-9-5-6-10-22(21)24-2;1-14-11-12-18-20(13-14)25-21(23)15-7-3-4-8-16(15)22(18)17-9-5-6-10-19(17)24-2;1-15-11-12-19-21(13-15)24-14-16-7-3-4-8-17(16)22(19)18-9-5-6-10-20(18)23-2;1-14-11-12-18-16(13-14)22-21-15-7-3-4-8-17(15)23(18)19-9-5-6-10-20(19)24-2/h3-6,8,11-16H,7,9-10H2,1-2H3;3-11,14-15H,12-13H2,1-2H3;3-15H,1-2H3;3-13H,1-2H3;3-13H,14H2,1-2H3;3-13H,1-2H3. The number of fused-ring (bicyclic) bond motifs is 12. The van der Waals surface area contributed by atoms with Crippen LogP contribution in [0.2, 0.25) is 0 Å². The molecule has 0 saturated carbocycles. The molecule has 17 nitrogen and oxygen atoms in total. The van der Waals surface area contributed by atoms with Gasteiger partial charge in [-0.05, 0) is 306 Å². The zero-order chi connectivity index (χ0) is 101. The molecule has 0 aliphatic carbocycles. The topological polar surface area (TPSA) is 135 Å². The molecule has 0 N–H and O–H groups in total. The molecular weight excluding hydrogens is 1810 g/mol. The first-order chi connectivity index (χ1) is 71.6. The number of para-hydroxylation sites is 18. The third-order valence-corrected chi connectivity index (χ3v) is 26.6. The van der Waals surface area contributed by atoms with Gasteiger partial charge in [0, 0.05) is 28.3 Å². The van der Waals surface area contributed by atoms with Crippen molar-refractivity contribution in [3.05, 3.63) is 478 Å². The van der Waals surface area contributed by atoms with Gasteiger partial charge in [0.2, 0.25) is 0 Å². The Morgan fingerprint density at radius 2 is 0.514 bits per heavy atom. The van der Waals surface area contributed by atoms with Crippen LogP contribution < -0.4 is 67.3 Å². The molecular formula is C129H116N8O9. The van der Waals surface area contributed by atoms with E-state index in [1.807, 2.05) is 188 Å². The van der Waals surface area contributed by atoms with Crippen LogP contribution in [0.1, 0.15) is 89.1 Å². The van der Waals surface area contributed by atoms with Crippen LogP contribution in [0.3, 0.4) is 0 Å². The van der Waals surface area contributed by atoms with Crippen molar-refractivity contribution in [2.75, 3.05) is 72.1 Å². The number of hydrogen-bond acceptors (Lipinski definition) is 17. The molecule has 0 bridgehead atoms. The van der Waals surface area contributed by atoms with Crippen molar-refractivity contribution in [3.8, 4) is 46.0 Å². The fourth-order valence-corrected chi connectivity index (χ4v) is 19.7. The highest BCUT2D eigenvalue weighted by Crippen LogP contribution is 2.55. The monoisotopic (exact) mass is 1920 g/mol. The molecule has 6 aliphatic rings. The molecule has 0 fully saturated rings. The first kappa shape index (κ1) is 97.0. The van der Waals surface area contributed by atoms with Gasteiger partial charge in [0.15, 0.2) is 5.75 Å². The zero-order valence-electron chi connectivity index (χ0n) is 84.3. The first-order valence-electron chi connectivity index (χ1n) is 49.2. The summed E-state index contributed by atoms with van der Waals surface area (Å²) in [5.41, 5.74) is 37.5. The molecule has 24 rings (SSSR count). The number of hydrogen-bond donors (Lipinski definition) is 0. The molecule has 0 unspecified atom stereocenters. The average Bonchev–Trinajstić information content (AvgIpc) is 1.46. The Kier molecular flexibility index (Phi) is 29.6. The number of methoxy groups -OCH3 is 6. The number of esters is 1. The number of azo groups is 1. The van der Waals surface area contributed by atoms with Gasteiger partial charge in [0.25, 0.3) is 0 Å². The lowest BCUT2D eigenvalue weighted by Crippen LogP contribution is -2.17. The molecule has 18 aromatic carbocycles. The Labute approximate surface area is 855 Å². The van der Waals surface area contributed by atoms with Gasteiger partial charge in [-0.1, -0.05) is 247 Å². The lowest BCUT2D eigenvalue weighted by Gasteiger charge is -2.32. The molecule has 726 valence electrons. The summed E-state index contributed by atoms with van der Waals surface area (Å²) in [4.78, 5) is 26.0. The van der Waals surface area contributed by atoms with Crippen LogP contribution >= 0.6 is 0 Å². The van der Waals surface area contributed by atoms with Gasteiger partial charge in [-0.25, -0.2) is 4.79 Å². The van der Waals surface area contributed by atoms with Crippen LogP contribution in [0.25, 0.3) is 12.2 Å². The molecule has 0 atom stereocenters. The second kappa shape index (κ2) is 44.5. The molecule has 0 radical (unpaired) electrons. The number of rotatable bonds is 12. The number of carbonyl (C=O) groups is 1. The Bertz CT molecular complexity index is 7460. The molecule has 18 aromatic rings. The summed E-state index contributed by atoms with van der Waals surface area (Å²) < 4.78 is 45.5. The second-order valence-electron chi connectivity index (χ2n) is 36.3. The molecule has 0 saturated heterocycles. The van der Waals surface area contributed by atoms with Crippen molar-refractivity contribution in [3.63, 3.8) is 0 Å². The predicted molar refractivity (Wildman–Crippen MR) is 596 cm³/mol. The third-order valence-electron chi connectivity index (χ3n) is 26.6. The van der Waals surface area contributed by atoms with Gasteiger partial charge >= 0.3 is 5.97 Å². The number of benzene rings is 18. The van der Waals surface area contributed by atoms with Crippen LogP contribution in [0.4, 0.5) is 114 Å². The number of carbonyl (C=O) groups excluding carboxylic acids is 1.